The van der Waals surface area contributed by atoms with E-state index in [2.05, 4.69) is 10.2 Å². The normalized spacial score (nSPS) is 36.5. The van der Waals surface area contributed by atoms with Crippen LogP contribution in [0.1, 0.15) is 38.5 Å². The Bertz CT molecular complexity index is 428. The van der Waals surface area contributed by atoms with E-state index in [9.17, 15) is 14.7 Å². The van der Waals surface area contributed by atoms with Crippen LogP contribution in [-0.4, -0.2) is 65.2 Å². The van der Waals surface area contributed by atoms with Gasteiger partial charge in [0.25, 0.3) is 0 Å². The van der Waals surface area contributed by atoms with Crippen LogP contribution in [0, 0.1) is 5.92 Å². The molecule has 0 spiro atoms. The molecule has 0 bridgehead atoms. The number of hydrogen-bond acceptors (Lipinski definition) is 3. The van der Waals surface area contributed by atoms with Crippen LogP contribution in [0.15, 0.2) is 0 Å². The van der Waals surface area contributed by atoms with Crippen molar-refractivity contribution in [3.8, 4) is 0 Å². The molecule has 4 unspecified atom stereocenters. The molecule has 4 atom stereocenters. The molecule has 2 N–H and O–H groups in total. The largest absolute Gasteiger partial charge is 0.480 e. The van der Waals surface area contributed by atoms with Crippen molar-refractivity contribution in [2.75, 3.05) is 20.1 Å². The van der Waals surface area contributed by atoms with Crippen molar-refractivity contribution in [1.29, 1.82) is 0 Å². The summed E-state index contributed by atoms with van der Waals surface area (Å²) in [7, 11) is 2.04. The number of hydrogen-bond donors (Lipinski definition) is 2. The number of carbonyl (C=O) groups is 2. The SMILES string of the molecule is CN1CCC(NC(=O)N2C(C(=O)O)CC3CCCCC32)C1. The van der Waals surface area contributed by atoms with Crippen molar-refractivity contribution < 1.29 is 14.7 Å². The van der Waals surface area contributed by atoms with Crippen LogP contribution in [0.2, 0.25) is 0 Å². The average Bonchev–Trinajstić information content (AvgIpc) is 3.02. The molecule has 21 heavy (non-hydrogen) atoms. The Labute approximate surface area is 125 Å². The number of likely N-dealkylation sites (tertiary alicyclic amines) is 2. The van der Waals surface area contributed by atoms with E-state index in [-0.39, 0.29) is 18.1 Å². The van der Waals surface area contributed by atoms with Gasteiger partial charge in [0, 0.05) is 18.6 Å². The lowest BCUT2D eigenvalue weighted by Gasteiger charge is -2.33. The van der Waals surface area contributed by atoms with Gasteiger partial charge in [-0.15, -0.1) is 0 Å². The lowest BCUT2D eigenvalue weighted by molar-refractivity contribution is -0.141. The molecule has 6 heteroatoms. The highest BCUT2D eigenvalue weighted by atomic mass is 16.4. The standard InChI is InChI=1S/C15H25N3O3/c1-17-7-6-11(9-17)16-15(21)18-12-5-3-2-4-10(12)8-13(18)14(19)20/h10-13H,2-9H2,1H3,(H,16,21)(H,19,20). The summed E-state index contributed by atoms with van der Waals surface area (Å²) in [6, 6.07) is -0.534. The molecule has 1 saturated carbocycles. The van der Waals surface area contributed by atoms with Crippen LogP contribution in [-0.2, 0) is 4.79 Å². The predicted molar refractivity (Wildman–Crippen MR) is 78.1 cm³/mol. The van der Waals surface area contributed by atoms with E-state index in [1.807, 2.05) is 7.05 Å². The minimum absolute atomic E-state index is 0.124. The van der Waals surface area contributed by atoms with E-state index in [0.717, 1.165) is 45.2 Å². The topological polar surface area (TPSA) is 72.9 Å². The summed E-state index contributed by atoms with van der Waals surface area (Å²) in [5.74, 6) is -0.486. The lowest BCUT2D eigenvalue weighted by atomic mass is 9.85. The summed E-state index contributed by atoms with van der Waals surface area (Å²) >= 11 is 0. The molecular formula is C15H25N3O3. The molecule has 0 aromatic heterocycles. The van der Waals surface area contributed by atoms with Crippen LogP contribution in [0.3, 0.4) is 0 Å². The molecule has 0 aromatic carbocycles. The van der Waals surface area contributed by atoms with Crippen molar-refractivity contribution in [3.05, 3.63) is 0 Å². The molecule has 0 radical (unpaired) electrons. The van der Waals surface area contributed by atoms with Crippen LogP contribution >= 0.6 is 0 Å². The third-order valence-electron chi connectivity index (χ3n) is 5.33. The van der Waals surface area contributed by atoms with Crippen LogP contribution in [0.5, 0.6) is 0 Å². The maximum Gasteiger partial charge on any atom is 0.326 e. The van der Waals surface area contributed by atoms with E-state index >= 15 is 0 Å². The van der Waals surface area contributed by atoms with E-state index in [1.165, 1.54) is 0 Å². The molecular weight excluding hydrogens is 270 g/mol. The van der Waals surface area contributed by atoms with Gasteiger partial charge in [-0.25, -0.2) is 9.59 Å². The maximum absolute atomic E-state index is 12.6. The number of nitrogens with one attached hydrogen (secondary N) is 1. The molecule has 3 rings (SSSR count). The first kappa shape index (κ1) is 14.6. The highest BCUT2D eigenvalue weighted by molar-refractivity contribution is 5.84. The molecule has 2 aliphatic heterocycles. The number of aliphatic carboxylic acids is 1. The highest BCUT2D eigenvalue weighted by Crippen LogP contribution is 2.39. The molecule has 2 heterocycles. The van der Waals surface area contributed by atoms with Crippen LogP contribution in [0.4, 0.5) is 4.79 Å². The second-order valence-corrected chi connectivity index (χ2v) is 6.81. The third-order valence-corrected chi connectivity index (χ3v) is 5.33. The van der Waals surface area contributed by atoms with Gasteiger partial charge in [0.05, 0.1) is 0 Å². The van der Waals surface area contributed by atoms with Crippen molar-refractivity contribution in [2.45, 2.75) is 56.7 Å². The van der Waals surface area contributed by atoms with Gasteiger partial charge in [-0.05, 0) is 45.2 Å². The average molecular weight is 295 g/mol. The number of rotatable bonds is 2. The zero-order chi connectivity index (χ0) is 15.0. The van der Waals surface area contributed by atoms with Gasteiger partial charge in [0.1, 0.15) is 6.04 Å². The Kier molecular flexibility index (Phi) is 4.06. The molecule has 1 aliphatic carbocycles. The van der Waals surface area contributed by atoms with Gasteiger partial charge in [0.2, 0.25) is 0 Å². The fourth-order valence-electron chi connectivity index (χ4n) is 4.27. The third kappa shape index (κ3) is 2.86. The molecule has 2 amide bonds. The maximum atomic E-state index is 12.6. The van der Waals surface area contributed by atoms with E-state index in [1.54, 1.807) is 4.90 Å². The highest BCUT2D eigenvalue weighted by Gasteiger charge is 2.47. The monoisotopic (exact) mass is 295 g/mol. The zero-order valence-electron chi connectivity index (χ0n) is 12.6. The number of nitrogens with zero attached hydrogens (tertiary/aromatic N) is 2. The molecule has 3 aliphatic rings. The Hall–Kier alpha value is -1.30. The van der Waals surface area contributed by atoms with E-state index in [0.29, 0.717) is 12.3 Å². The number of carboxylic acids is 1. The number of carbonyl (C=O) groups excluding carboxylic acids is 1. The first-order chi connectivity index (χ1) is 10.1. The lowest BCUT2D eigenvalue weighted by Crippen LogP contribution is -2.53. The summed E-state index contributed by atoms with van der Waals surface area (Å²) in [6.07, 6.45) is 5.84. The Morgan fingerprint density at radius 1 is 1.19 bits per heavy atom. The van der Waals surface area contributed by atoms with Gasteiger partial charge in [-0.2, -0.15) is 0 Å². The Morgan fingerprint density at radius 3 is 2.62 bits per heavy atom. The second kappa shape index (κ2) is 5.83. The minimum Gasteiger partial charge on any atom is -0.480 e. The summed E-state index contributed by atoms with van der Waals surface area (Å²) in [6.45, 7) is 1.84. The molecule has 6 nitrogen and oxygen atoms in total. The van der Waals surface area contributed by atoms with Gasteiger partial charge >= 0.3 is 12.0 Å². The van der Waals surface area contributed by atoms with Crippen molar-refractivity contribution in [2.24, 2.45) is 5.92 Å². The number of likely N-dealkylation sites (N-methyl/N-ethyl adjacent to an activating group) is 1. The summed E-state index contributed by atoms with van der Waals surface area (Å²) in [4.78, 5) is 28.0. The first-order valence-corrected chi connectivity index (χ1v) is 8.06. The molecule has 118 valence electrons. The first-order valence-electron chi connectivity index (χ1n) is 8.06. The fourth-order valence-corrected chi connectivity index (χ4v) is 4.27. The molecule has 2 saturated heterocycles. The van der Waals surface area contributed by atoms with Crippen LogP contribution in [0.25, 0.3) is 0 Å². The quantitative estimate of drug-likeness (QED) is 0.800. The molecule has 3 fully saturated rings. The number of carboxylic acid groups (broad SMARTS) is 1. The van der Waals surface area contributed by atoms with Gasteiger partial charge in [-0.3, -0.25) is 0 Å². The summed E-state index contributed by atoms with van der Waals surface area (Å²) in [5.41, 5.74) is 0. The van der Waals surface area contributed by atoms with Gasteiger partial charge < -0.3 is 20.2 Å². The molecule has 0 aromatic rings. The smallest absolute Gasteiger partial charge is 0.326 e. The number of urea groups is 1. The van der Waals surface area contributed by atoms with Crippen LogP contribution < -0.4 is 5.32 Å². The van der Waals surface area contributed by atoms with E-state index < -0.39 is 12.0 Å². The van der Waals surface area contributed by atoms with Gasteiger partial charge in [-0.1, -0.05) is 12.8 Å². The summed E-state index contributed by atoms with van der Waals surface area (Å²) in [5, 5.41) is 12.5. The Morgan fingerprint density at radius 2 is 1.95 bits per heavy atom. The predicted octanol–water partition coefficient (Wildman–Crippen LogP) is 1.12. The van der Waals surface area contributed by atoms with E-state index in [4.69, 9.17) is 0 Å². The number of fused-ring (bicyclic) bond motifs is 1. The van der Waals surface area contributed by atoms with Crippen molar-refractivity contribution in [3.63, 3.8) is 0 Å². The minimum atomic E-state index is -0.858. The van der Waals surface area contributed by atoms with Crippen molar-refractivity contribution >= 4 is 12.0 Å². The Balaban J connectivity index is 1.70. The van der Waals surface area contributed by atoms with Gasteiger partial charge in [0.15, 0.2) is 0 Å². The zero-order valence-corrected chi connectivity index (χ0v) is 12.6. The second-order valence-electron chi connectivity index (χ2n) is 6.81. The number of amides is 2. The fraction of sp³-hybridized carbons (Fsp3) is 0.867. The summed E-state index contributed by atoms with van der Waals surface area (Å²) < 4.78 is 0. The van der Waals surface area contributed by atoms with Crippen molar-refractivity contribution in [1.82, 2.24) is 15.1 Å².